The highest BCUT2D eigenvalue weighted by atomic mass is 35.5. The monoisotopic (exact) mass is 475 g/mol. The number of hydrogen-bond donors (Lipinski definition) is 3. The molecule has 33 heavy (non-hydrogen) atoms. The Bertz CT molecular complexity index is 1100. The van der Waals surface area contributed by atoms with Gasteiger partial charge >= 0.3 is 11.9 Å². The zero-order valence-corrected chi connectivity index (χ0v) is 18.4. The molecule has 1 aliphatic rings. The molecule has 10 nitrogen and oxygen atoms in total. The summed E-state index contributed by atoms with van der Waals surface area (Å²) in [4.78, 5) is 22.8. The lowest BCUT2D eigenvalue weighted by atomic mass is 10.1. The molecule has 0 amide bonds. The summed E-state index contributed by atoms with van der Waals surface area (Å²) in [6.45, 7) is 2.18. The molecule has 0 saturated heterocycles. The third kappa shape index (κ3) is 6.37. The highest BCUT2D eigenvalue weighted by Gasteiger charge is 2.17. The standard InChI is InChI=1S/C20H20ClN3O3.C2H2O4/c1-25-9-8-24-17(15-4-7-18-19(10-15)27-13-26-18)12-23-20(24)22-11-14-2-5-16(21)6-3-14;3-1(4)2(5)6/h2-7,10,12H,8-9,11,13H2,1H3,(H,22,23);(H,3,4)(H,5,6). The largest absolute Gasteiger partial charge is 0.473 e. The molecule has 0 spiro atoms. The molecule has 174 valence electrons. The fourth-order valence-corrected chi connectivity index (χ4v) is 3.12. The van der Waals surface area contributed by atoms with Crippen molar-refractivity contribution in [1.82, 2.24) is 9.55 Å². The third-order valence-corrected chi connectivity index (χ3v) is 4.84. The van der Waals surface area contributed by atoms with Crippen LogP contribution in [0.5, 0.6) is 11.5 Å². The molecule has 2 heterocycles. The molecule has 0 unspecified atom stereocenters. The molecule has 1 aliphatic heterocycles. The van der Waals surface area contributed by atoms with E-state index in [2.05, 4.69) is 14.9 Å². The highest BCUT2D eigenvalue weighted by Crippen LogP contribution is 2.36. The van der Waals surface area contributed by atoms with Crippen LogP contribution in [0.3, 0.4) is 0 Å². The van der Waals surface area contributed by atoms with Gasteiger partial charge in [-0.3, -0.25) is 0 Å². The molecule has 2 aromatic carbocycles. The maximum atomic E-state index is 9.10. The van der Waals surface area contributed by atoms with Crippen LogP contribution in [0.4, 0.5) is 5.95 Å². The zero-order valence-electron chi connectivity index (χ0n) is 17.7. The first-order valence-corrected chi connectivity index (χ1v) is 10.2. The van der Waals surface area contributed by atoms with Gasteiger partial charge in [0.1, 0.15) is 0 Å². The second-order valence-corrected chi connectivity index (χ2v) is 7.21. The number of halogens is 1. The number of aromatic nitrogens is 2. The quantitative estimate of drug-likeness (QED) is 0.440. The minimum atomic E-state index is -1.82. The molecule has 0 aliphatic carbocycles. The molecular formula is C22H22ClN3O7. The summed E-state index contributed by atoms with van der Waals surface area (Å²) < 4.78 is 18.3. The lowest BCUT2D eigenvalue weighted by Crippen LogP contribution is -2.11. The van der Waals surface area contributed by atoms with Crippen LogP contribution in [0.15, 0.2) is 48.7 Å². The Morgan fingerprint density at radius 1 is 1.12 bits per heavy atom. The summed E-state index contributed by atoms with van der Waals surface area (Å²) >= 11 is 5.95. The van der Waals surface area contributed by atoms with Crippen LogP contribution in [0.2, 0.25) is 5.02 Å². The van der Waals surface area contributed by atoms with Crippen LogP contribution in [-0.2, 0) is 27.4 Å². The van der Waals surface area contributed by atoms with Gasteiger partial charge in [-0.05, 0) is 35.9 Å². The van der Waals surface area contributed by atoms with Crippen molar-refractivity contribution in [3.63, 3.8) is 0 Å². The summed E-state index contributed by atoms with van der Waals surface area (Å²) in [7, 11) is 1.69. The fourth-order valence-electron chi connectivity index (χ4n) is 3.00. The molecule has 4 rings (SSSR count). The Kier molecular flexibility index (Phi) is 8.11. The topological polar surface area (TPSA) is 132 Å². The van der Waals surface area contributed by atoms with Crippen molar-refractivity contribution in [2.24, 2.45) is 0 Å². The van der Waals surface area contributed by atoms with Gasteiger partial charge in [-0.15, -0.1) is 0 Å². The number of anilines is 1. The number of nitrogens with one attached hydrogen (secondary N) is 1. The van der Waals surface area contributed by atoms with Crippen molar-refractivity contribution >= 4 is 29.5 Å². The normalized spacial score (nSPS) is 11.5. The molecule has 0 fully saturated rings. The number of rotatable bonds is 7. The summed E-state index contributed by atoms with van der Waals surface area (Å²) in [5.41, 5.74) is 3.14. The van der Waals surface area contributed by atoms with Crippen LogP contribution >= 0.6 is 11.6 Å². The number of aliphatic carboxylic acids is 2. The predicted molar refractivity (Wildman–Crippen MR) is 120 cm³/mol. The van der Waals surface area contributed by atoms with E-state index in [4.69, 9.17) is 45.6 Å². The van der Waals surface area contributed by atoms with Gasteiger partial charge in [0.25, 0.3) is 0 Å². The van der Waals surface area contributed by atoms with Crippen molar-refractivity contribution in [1.29, 1.82) is 0 Å². The summed E-state index contributed by atoms with van der Waals surface area (Å²) in [6, 6.07) is 13.7. The Morgan fingerprint density at radius 2 is 1.82 bits per heavy atom. The number of benzene rings is 2. The lowest BCUT2D eigenvalue weighted by molar-refractivity contribution is -0.159. The van der Waals surface area contributed by atoms with Crippen molar-refractivity contribution in [3.8, 4) is 22.8 Å². The van der Waals surface area contributed by atoms with E-state index in [1.807, 2.05) is 48.7 Å². The fraction of sp³-hybridized carbons (Fsp3) is 0.227. The molecular weight excluding hydrogens is 454 g/mol. The number of ether oxygens (including phenoxy) is 3. The molecule has 0 atom stereocenters. The first-order chi connectivity index (χ1) is 15.9. The van der Waals surface area contributed by atoms with Crippen molar-refractivity contribution in [2.75, 3.05) is 25.8 Å². The predicted octanol–water partition coefficient (Wildman–Crippen LogP) is 3.35. The van der Waals surface area contributed by atoms with Gasteiger partial charge in [0.05, 0.1) is 18.5 Å². The number of nitrogens with zero attached hydrogens (tertiary/aromatic N) is 2. The summed E-state index contributed by atoms with van der Waals surface area (Å²) in [6.07, 6.45) is 1.86. The van der Waals surface area contributed by atoms with E-state index in [0.29, 0.717) is 19.7 Å². The van der Waals surface area contributed by atoms with E-state index >= 15 is 0 Å². The van der Waals surface area contributed by atoms with Gasteiger partial charge in [-0.1, -0.05) is 23.7 Å². The van der Waals surface area contributed by atoms with Crippen molar-refractivity contribution in [2.45, 2.75) is 13.1 Å². The van der Waals surface area contributed by atoms with Crippen LogP contribution in [-0.4, -0.2) is 52.2 Å². The Morgan fingerprint density at radius 3 is 2.48 bits per heavy atom. The molecule has 1 aromatic heterocycles. The van der Waals surface area contributed by atoms with Gasteiger partial charge in [-0.25, -0.2) is 14.6 Å². The Labute approximate surface area is 194 Å². The van der Waals surface area contributed by atoms with Crippen molar-refractivity contribution in [3.05, 3.63) is 59.2 Å². The van der Waals surface area contributed by atoms with Crippen LogP contribution in [0, 0.1) is 0 Å². The SMILES string of the molecule is COCCn1c(-c2ccc3c(c2)OCO3)cnc1NCc1ccc(Cl)cc1.O=C(O)C(=O)O. The van der Waals surface area contributed by atoms with Gasteiger partial charge in [0, 0.05) is 30.8 Å². The molecule has 3 aromatic rings. The molecule has 0 saturated carbocycles. The zero-order chi connectivity index (χ0) is 23.8. The minimum Gasteiger partial charge on any atom is -0.473 e. The summed E-state index contributed by atoms with van der Waals surface area (Å²) in [5.74, 6) is -1.34. The number of carboxylic acid groups (broad SMARTS) is 2. The van der Waals surface area contributed by atoms with Crippen molar-refractivity contribution < 1.29 is 34.0 Å². The second-order valence-electron chi connectivity index (χ2n) is 6.77. The van der Waals surface area contributed by atoms with Gasteiger partial charge < -0.3 is 34.3 Å². The minimum absolute atomic E-state index is 0.260. The first kappa shape index (κ1) is 23.9. The van der Waals surface area contributed by atoms with E-state index in [9.17, 15) is 0 Å². The molecule has 0 radical (unpaired) electrons. The Hall–Kier alpha value is -3.76. The van der Waals surface area contributed by atoms with Crippen LogP contribution < -0.4 is 14.8 Å². The molecule has 3 N–H and O–H groups in total. The average molecular weight is 476 g/mol. The van der Waals surface area contributed by atoms with Crippen LogP contribution in [0.1, 0.15) is 5.56 Å². The number of imidazole rings is 1. The van der Waals surface area contributed by atoms with Crippen LogP contribution in [0.25, 0.3) is 11.3 Å². The molecule has 0 bridgehead atoms. The number of methoxy groups -OCH3 is 1. The number of carboxylic acids is 2. The molecule has 11 heteroatoms. The van der Waals surface area contributed by atoms with E-state index in [0.717, 1.165) is 39.3 Å². The van der Waals surface area contributed by atoms with E-state index in [1.54, 1.807) is 7.11 Å². The first-order valence-electron chi connectivity index (χ1n) is 9.78. The summed E-state index contributed by atoms with van der Waals surface area (Å²) in [5, 5.41) is 18.9. The second kappa shape index (κ2) is 11.2. The van der Waals surface area contributed by atoms with E-state index in [-0.39, 0.29) is 6.79 Å². The number of hydrogen-bond acceptors (Lipinski definition) is 7. The smallest absolute Gasteiger partial charge is 0.414 e. The van der Waals surface area contributed by atoms with Gasteiger partial charge in [0.15, 0.2) is 11.5 Å². The van der Waals surface area contributed by atoms with E-state index in [1.165, 1.54) is 0 Å². The number of carbonyl (C=O) groups is 2. The average Bonchev–Trinajstić information content (AvgIpc) is 3.43. The van der Waals surface area contributed by atoms with Gasteiger partial charge in [0.2, 0.25) is 12.7 Å². The highest BCUT2D eigenvalue weighted by molar-refractivity contribution is 6.30. The lowest BCUT2D eigenvalue weighted by Gasteiger charge is -2.13. The maximum absolute atomic E-state index is 9.10. The Balaban J connectivity index is 0.000000454. The van der Waals surface area contributed by atoms with E-state index < -0.39 is 11.9 Å². The third-order valence-electron chi connectivity index (χ3n) is 4.59. The maximum Gasteiger partial charge on any atom is 0.414 e. The number of fused-ring (bicyclic) bond motifs is 1. The van der Waals surface area contributed by atoms with Gasteiger partial charge in [-0.2, -0.15) is 0 Å².